The lowest BCUT2D eigenvalue weighted by atomic mass is 10.3. The molecule has 3 aromatic rings. The molecule has 1 aromatic carbocycles. The van der Waals surface area contributed by atoms with E-state index in [1.165, 1.54) is 29.1 Å². The normalized spacial score (nSPS) is 10.6. The average Bonchev–Trinajstić information content (AvgIpc) is 2.91. The van der Waals surface area contributed by atoms with Gasteiger partial charge in [0.25, 0.3) is 5.69 Å². The van der Waals surface area contributed by atoms with Crippen LogP contribution in [0.2, 0.25) is 0 Å². The van der Waals surface area contributed by atoms with Crippen LogP contribution >= 0.6 is 0 Å². The second-order valence-electron chi connectivity index (χ2n) is 4.57. The van der Waals surface area contributed by atoms with Gasteiger partial charge in [0.1, 0.15) is 5.52 Å². The van der Waals surface area contributed by atoms with Gasteiger partial charge in [0, 0.05) is 30.1 Å². The number of hydrogen-bond acceptors (Lipinski definition) is 6. The number of aliphatic carboxylic acids is 1. The molecule has 1 N–H and O–H groups in total. The van der Waals surface area contributed by atoms with Crippen molar-refractivity contribution in [2.45, 2.75) is 0 Å². The number of benzene rings is 1. The van der Waals surface area contributed by atoms with Gasteiger partial charge in [-0.15, -0.1) is 0 Å². The van der Waals surface area contributed by atoms with Crippen LogP contribution in [-0.2, 0) is 4.79 Å². The number of aromatic nitrogens is 3. The second kappa shape index (κ2) is 5.72. The first-order valence-electron chi connectivity index (χ1n) is 6.48. The first-order valence-corrected chi connectivity index (χ1v) is 6.48. The Hall–Kier alpha value is -3.49. The predicted octanol–water partition coefficient (Wildman–Crippen LogP) is 1.52. The van der Waals surface area contributed by atoms with E-state index in [9.17, 15) is 14.9 Å². The molecule has 0 unspecified atom stereocenters. The molecule has 2 aromatic heterocycles. The summed E-state index contributed by atoms with van der Waals surface area (Å²) in [5, 5.41) is 19.7. The molecule has 2 heterocycles. The van der Waals surface area contributed by atoms with E-state index < -0.39 is 17.5 Å². The van der Waals surface area contributed by atoms with Gasteiger partial charge in [-0.25, -0.2) is 9.78 Å². The number of imidazole rings is 1. The van der Waals surface area contributed by atoms with Crippen molar-refractivity contribution in [3.63, 3.8) is 0 Å². The van der Waals surface area contributed by atoms with Crippen molar-refractivity contribution in [3.8, 4) is 11.4 Å². The number of nitrogens with zero attached hydrogens (tertiary/aromatic N) is 4. The van der Waals surface area contributed by atoms with Crippen molar-refractivity contribution in [2.24, 2.45) is 0 Å². The van der Waals surface area contributed by atoms with Gasteiger partial charge in [-0.1, -0.05) is 0 Å². The Labute approximate surface area is 128 Å². The Morgan fingerprint density at radius 2 is 2.22 bits per heavy atom. The van der Waals surface area contributed by atoms with Gasteiger partial charge < -0.3 is 9.94 Å². The molecule has 0 bridgehead atoms. The lowest BCUT2D eigenvalue weighted by molar-refractivity contribution is -0.384. The number of fused-ring (bicyclic) bond motifs is 1. The largest absolute Gasteiger partial charge is 0.479 e. The molecule has 0 radical (unpaired) electrons. The summed E-state index contributed by atoms with van der Waals surface area (Å²) >= 11 is 0. The quantitative estimate of drug-likeness (QED) is 0.559. The SMILES string of the molecule is O=C(O)COn1c(-c2cccnc2)nc2ccc([N+](=O)[O-])cc21. The predicted molar refractivity (Wildman–Crippen MR) is 78.7 cm³/mol. The number of carbonyl (C=O) groups is 1. The number of nitro groups is 1. The van der Waals surface area contributed by atoms with Crippen molar-refractivity contribution in [2.75, 3.05) is 6.61 Å². The summed E-state index contributed by atoms with van der Waals surface area (Å²) in [5.74, 6) is -0.857. The smallest absolute Gasteiger partial charge is 0.344 e. The van der Waals surface area contributed by atoms with Gasteiger partial charge in [-0.2, -0.15) is 4.73 Å². The number of carboxylic acids is 1. The maximum atomic E-state index is 10.9. The van der Waals surface area contributed by atoms with Crippen molar-refractivity contribution in [1.82, 2.24) is 14.7 Å². The summed E-state index contributed by atoms with van der Waals surface area (Å²) < 4.78 is 1.17. The third kappa shape index (κ3) is 2.79. The molecule has 3 rings (SSSR count). The standard InChI is InChI=1S/C14H10N4O5/c19-13(20)8-23-17-12-6-10(18(21)22)3-4-11(12)16-14(17)9-2-1-5-15-7-9/h1-7H,8H2,(H,19,20). The van der Waals surface area contributed by atoms with E-state index in [1.54, 1.807) is 18.3 Å². The van der Waals surface area contributed by atoms with Crippen molar-refractivity contribution in [1.29, 1.82) is 0 Å². The molecule has 0 aliphatic carbocycles. The maximum Gasteiger partial charge on any atom is 0.344 e. The molecule has 9 nitrogen and oxygen atoms in total. The van der Waals surface area contributed by atoms with Crippen LogP contribution in [0.4, 0.5) is 5.69 Å². The fourth-order valence-corrected chi connectivity index (χ4v) is 2.08. The minimum absolute atomic E-state index is 0.143. The van der Waals surface area contributed by atoms with Gasteiger partial charge in [-0.3, -0.25) is 15.1 Å². The van der Waals surface area contributed by atoms with E-state index in [-0.39, 0.29) is 5.69 Å². The Morgan fingerprint density at radius 3 is 2.87 bits per heavy atom. The van der Waals surface area contributed by atoms with Crippen LogP contribution in [0.5, 0.6) is 0 Å². The van der Waals surface area contributed by atoms with Crippen LogP contribution in [0.3, 0.4) is 0 Å². The summed E-state index contributed by atoms with van der Waals surface area (Å²) in [4.78, 5) is 34.7. The number of carboxylic acid groups (broad SMARTS) is 1. The molecule has 0 saturated carbocycles. The molecule has 0 atom stereocenters. The first-order chi connectivity index (χ1) is 11.1. The fourth-order valence-electron chi connectivity index (χ4n) is 2.08. The third-order valence-electron chi connectivity index (χ3n) is 3.04. The van der Waals surface area contributed by atoms with Crippen molar-refractivity contribution < 1.29 is 19.7 Å². The molecule has 116 valence electrons. The molecule has 0 aliphatic heterocycles. The molecule has 0 aliphatic rings. The zero-order chi connectivity index (χ0) is 16.4. The highest BCUT2D eigenvalue weighted by Crippen LogP contribution is 2.26. The molecule has 0 amide bonds. The van der Waals surface area contributed by atoms with Crippen LogP contribution in [0, 0.1) is 10.1 Å². The number of pyridine rings is 1. The number of non-ortho nitro benzene ring substituents is 1. The maximum absolute atomic E-state index is 10.9. The zero-order valence-electron chi connectivity index (χ0n) is 11.6. The highest BCUT2D eigenvalue weighted by molar-refractivity contribution is 5.82. The van der Waals surface area contributed by atoms with Crippen LogP contribution in [0.25, 0.3) is 22.4 Å². The summed E-state index contributed by atoms with van der Waals surface area (Å²) in [5.41, 5.74) is 1.20. The number of hydrogen-bond donors (Lipinski definition) is 1. The summed E-state index contributed by atoms with van der Waals surface area (Å²) in [6, 6.07) is 7.50. The van der Waals surface area contributed by atoms with E-state index in [1.807, 2.05) is 0 Å². The summed E-state index contributed by atoms with van der Waals surface area (Å²) in [6.07, 6.45) is 3.12. The van der Waals surface area contributed by atoms with Gasteiger partial charge in [0.05, 0.1) is 10.4 Å². The fraction of sp³-hybridized carbons (Fsp3) is 0.0714. The average molecular weight is 314 g/mol. The van der Waals surface area contributed by atoms with E-state index in [0.29, 0.717) is 22.4 Å². The van der Waals surface area contributed by atoms with Gasteiger partial charge in [0.2, 0.25) is 6.61 Å². The number of rotatable bonds is 5. The van der Waals surface area contributed by atoms with Crippen molar-refractivity contribution >= 4 is 22.7 Å². The third-order valence-corrected chi connectivity index (χ3v) is 3.04. The molecular formula is C14H10N4O5. The summed E-state index contributed by atoms with van der Waals surface area (Å²) in [7, 11) is 0. The highest BCUT2D eigenvalue weighted by Gasteiger charge is 2.18. The van der Waals surface area contributed by atoms with E-state index in [0.717, 1.165) is 0 Å². The minimum Gasteiger partial charge on any atom is -0.479 e. The Kier molecular flexibility index (Phi) is 3.59. The van der Waals surface area contributed by atoms with Crippen LogP contribution in [0.1, 0.15) is 0 Å². The minimum atomic E-state index is -1.17. The summed E-state index contributed by atoms with van der Waals surface area (Å²) in [6.45, 7) is -0.610. The molecule has 23 heavy (non-hydrogen) atoms. The second-order valence-corrected chi connectivity index (χ2v) is 4.57. The molecule has 0 spiro atoms. The monoisotopic (exact) mass is 314 g/mol. The Morgan fingerprint density at radius 1 is 1.39 bits per heavy atom. The highest BCUT2D eigenvalue weighted by atomic mass is 16.7. The molecule has 0 fully saturated rings. The molecular weight excluding hydrogens is 304 g/mol. The first kappa shape index (κ1) is 14.4. The van der Waals surface area contributed by atoms with E-state index in [2.05, 4.69) is 9.97 Å². The van der Waals surface area contributed by atoms with Gasteiger partial charge >= 0.3 is 5.97 Å². The van der Waals surface area contributed by atoms with Gasteiger partial charge in [-0.05, 0) is 18.2 Å². The Balaban J connectivity index is 2.20. The van der Waals surface area contributed by atoms with Crippen LogP contribution in [-0.4, -0.2) is 37.3 Å². The van der Waals surface area contributed by atoms with Crippen LogP contribution < -0.4 is 4.84 Å². The van der Waals surface area contributed by atoms with E-state index in [4.69, 9.17) is 9.94 Å². The number of nitro benzene ring substituents is 1. The zero-order valence-corrected chi connectivity index (χ0v) is 11.6. The molecule has 9 heteroatoms. The Bertz CT molecular complexity index is 891. The lowest BCUT2D eigenvalue weighted by Crippen LogP contribution is -2.20. The lowest BCUT2D eigenvalue weighted by Gasteiger charge is -2.08. The van der Waals surface area contributed by atoms with E-state index >= 15 is 0 Å². The molecule has 0 saturated heterocycles. The van der Waals surface area contributed by atoms with Crippen molar-refractivity contribution in [3.05, 3.63) is 52.8 Å². The van der Waals surface area contributed by atoms with Crippen LogP contribution in [0.15, 0.2) is 42.7 Å². The topological polar surface area (TPSA) is 120 Å². The van der Waals surface area contributed by atoms with Gasteiger partial charge in [0.15, 0.2) is 5.82 Å².